The highest BCUT2D eigenvalue weighted by molar-refractivity contribution is 7.22. The van der Waals surface area contributed by atoms with Gasteiger partial charge in [0.15, 0.2) is 16.7 Å². The molecule has 2 saturated heterocycles. The topological polar surface area (TPSA) is 129 Å². The van der Waals surface area contributed by atoms with Gasteiger partial charge in [-0.15, -0.1) is 0 Å². The van der Waals surface area contributed by atoms with Crippen LogP contribution in [0.5, 0.6) is 11.8 Å². The van der Waals surface area contributed by atoms with Crippen LogP contribution in [0.1, 0.15) is 44.6 Å². The highest BCUT2D eigenvalue weighted by Gasteiger charge is 2.53. The van der Waals surface area contributed by atoms with Crippen molar-refractivity contribution < 1.29 is 22.6 Å². The second-order valence-electron chi connectivity index (χ2n) is 13.7. The van der Waals surface area contributed by atoms with Gasteiger partial charge in [0, 0.05) is 42.4 Å². The van der Waals surface area contributed by atoms with E-state index in [2.05, 4.69) is 19.9 Å². The van der Waals surface area contributed by atoms with Crippen LogP contribution >= 0.6 is 22.9 Å². The van der Waals surface area contributed by atoms with Gasteiger partial charge in [-0.2, -0.15) is 9.97 Å². The van der Waals surface area contributed by atoms with E-state index in [1.165, 1.54) is 12.1 Å². The number of anilines is 3. The van der Waals surface area contributed by atoms with Gasteiger partial charge >= 0.3 is 6.01 Å². The van der Waals surface area contributed by atoms with Crippen molar-refractivity contribution in [2.45, 2.75) is 68.9 Å². The lowest BCUT2D eigenvalue weighted by atomic mass is 9.75. The first kappa shape index (κ1) is 30.9. The van der Waals surface area contributed by atoms with Gasteiger partial charge in [0.2, 0.25) is 0 Å². The minimum Gasteiger partial charge on any atom is -0.483 e. The molecule has 0 unspecified atom stereocenters. The molecule has 1 aliphatic carbocycles. The van der Waals surface area contributed by atoms with Crippen LogP contribution in [0.2, 0.25) is 5.02 Å². The molecule has 1 saturated carbocycles. The second kappa shape index (κ2) is 10.9. The third-order valence-electron chi connectivity index (χ3n) is 10.8. The summed E-state index contributed by atoms with van der Waals surface area (Å²) in [5.74, 6) is -0.359. The zero-order valence-electron chi connectivity index (χ0n) is 26.5. The Morgan fingerprint density at radius 1 is 1.14 bits per heavy atom. The molecule has 3 aliphatic heterocycles. The smallest absolute Gasteiger partial charge is 0.319 e. The number of fused-ring (bicyclic) bond motifs is 3. The van der Waals surface area contributed by atoms with Gasteiger partial charge in [-0.25, -0.2) is 23.1 Å². The van der Waals surface area contributed by atoms with Crippen LogP contribution in [-0.2, 0) is 6.54 Å². The van der Waals surface area contributed by atoms with E-state index in [1.807, 2.05) is 24.0 Å². The summed E-state index contributed by atoms with van der Waals surface area (Å²) in [6.07, 6.45) is 4.19. The molecule has 4 N–H and O–H groups in total. The Morgan fingerprint density at radius 2 is 2.00 bits per heavy atom. The third kappa shape index (κ3) is 4.63. The average molecular weight is 709 g/mol. The van der Waals surface area contributed by atoms with Crippen LogP contribution in [0.4, 0.5) is 29.9 Å². The van der Waals surface area contributed by atoms with E-state index in [9.17, 15) is 8.78 Å². The van der Waals surface area contributed by atoms with Gasteiger partial charge in [-0.3, -0.25) is 4.90 Å². The van der Waals surface area contributed by atoms with Gasteiger partial charge in [0.1, 0.15) is 41.3 Å². The SMILES string of the molecule is C[C@@]12CC[C@H]1N(Cc1cccnc1N)c1nc(OC[C@@]34CCCN3C[C@H](F)C4)nc3c(F)c(-c4ccc(F)c5sc(N)nc45)c(Cl)c(c13)O2. The van der Waals surface area contributed by atoms with Crippen molar-refractivity contribution in [3.8, 4) is 22.9 Å². The molecule has 3 fully saturated rings. The van der Waals surface area contributed by atoms with Gasteiger partial charge < -0.3 is 25.8 Å². The lowest BCUT2D eigenvalue weighted by molar-refractivity contribution is -0.0125. The van der Waals surface area contributed by atoms with Gasteiger partial charge in [-0.05, 0) is 57.4 Å². The maximum atomic E-state index is 17.3. The Bertz CT molecular complexity index is 2190. The average Bonchev–Trinajstić information content (AvgIpc) is 3.73. The van der Waals surface area contributed by atoms with Crippen molar-refractivity contribution >= 4 is 60.8 Å². The number of nitrogens with two attached hydrogens (primary N) is 2. The molecule has 4 atom stereocenters. The van der Waals surface area contributed by atoms with Gasteiger partial charge in [0.05, 0.1) is 32.2 Å². The van der Waals surface area contributed by atoms with Gasteiger partial charge in [0.25, 0.3) is 0 Å². The molecular weight excluding hydrogens is 677 g/mol. The molecule has 15 heteroatoms. The lowest BCUT2D eigenvalue weighted by Gasteiger charge is -2.50. The fourth-order valence-electron chi connectivity index (χ4n) is 8.30. The minimum atomic E-state index is -0.947. The number of ether oxygens (including phenoxy) is 2. The molecule has 2 aromatic carbocycles. The molecule has 254 valence electrons. The summed E-state index contributed by atoms with van der Waals surface area (Å²) >= 11 is 8.12. The Hall–Kier alpha value is -4.14. The molecule has 0 spiro atoms. The number of hydrogen-bond acceptors (Lipinski definition) is 11. The van der Waals surface area contributed by atoms with Crippen LogP contribution in [0, 0.1) is 11.6 Å². The summed E-state index contributed by atoms with van der Waals surface area (Å²) in [4.78, 5) is 22.4. The molecule has 49 heavy (non-hydrogen) atoms. The lowest BCUT2D eigenvalue weighted by Crippen LogP contribution is -2.61. The maximum Gasteiger partial charge on any atom is 0.319 e. The van der Waals surface area contributed by atoms with E-state index in [0.717, 1.165) is 42.7 Å². The molecular formula is C34H32ClF3N8O2S. The van der Waals surface area contributed by atoms with Crippen LogP contribution in [-0.4, -0.2) is 67.9 Å². The molecule has 5 aromatic rings. The van der Waals surface area contributed by atoms with Crippen molar-refractivity contribution in [2.24, 2.45) is 0 Å². The fourth-order valence-corrected chi connectivity index (χ4v) is 9.38. The predicted octanol–water partition coefficient (Wildman–Crippen LogP) is 6.67. The molecule has 3 aromatic heterocycles. The van der Waals surface area contributed by atoms with Crippen molar-refractivity contribution in [1.29, 1.82) is 0 Å². The summed E-state index contributed by atoms with van der Waals surface area (Å²) in [5, 5.41) is 0.391. The second-order valence-corrected chi connectivity index (χ2v) is 15.1. The number of nitrogens with zero attached hydrogens (tertiary/aromatic N) is 6. The minimum absolute atomic E-state index is 0.0157. The van der Waals surface area contributed by atoms with Crippen LogP contribution in [0.3, 0.4) is 0 Å². The van der Waals surface area contributed by atoms with Gasteiger partial charge in [-0.1, -0.05) is 29.0 Å². The number of benzene rings is 2. The number of aromatic nitrogens is 4. The molecule has 6 heterocycles. The van der Waals surface area contributed by atoms with E-state index >= 15 is 4.39 Å². The number of thiazole rings is 1. The van der Waals surface area contributed by atoms with E-state index in [4.69, 9.17) is 37.5 Å². The summed E-state index contributed by atoms with van der Waals surface area (Å²) < 4.78 is 60.1. The Morgan fingerprint density at radius 3 is 2.80 bits per heavy atom. The van der Waals surface area contributed by atoms with Crippen molar-refractivity contribution in [3.63, 3.8) is 0 Å². The summed E-state index contributed by atoms with van der Waals surface area (Å²) in [6.45, 7) is 3.59. The highest BCUT2D eigenvalue weighted by atomic mass is 35.5. The first-order valence-electron chi connectivity index (χ1n) is 16.3. The zero-order chi connectivity index (χ0) is 33.8. The fraction of sp³-hybridized carbons (Fsp3) is 0.412. The number of rotatable bonds is 6. The van der Waals surface area contributed by atoms with Crippen LogP contribution in [0.15, 0.2) is 30.5 Å². The molecule has 0 amide bonds. The number of alkyl halides is 1. The first-order valence-corrected chi connectivity index (χ1v) is 17.5. The summed E-state index contributed by atoms with van der Waals surface area (Å²) in [5.41, 5.74) is 12.1. The van der Waals surface area contributed by atoms with Crippen LogP contribution < -0.4 is 25.8 Å². The molecule has 0 radical (unpaired) electrons. The van der Waals surface area contributed by atoms with Crippen molar-refractivity contribution in [1.82, 2.24) is 24.8 Å². The highest BCUT2D eigenvalue weighted by Crippen LogP contribution is 2.55. The van der Waals surface area contributed by atoms with E-state index in [1.54, 1.807) is 6.20 Å². The number of hydrogen-bond donors (Lipinski definition) is 2. The molecule has 9 rings (SSSR count). The largest absolute Gasteiger partial charge is 0.483 e. The zero-order valence-corrected chi connectivity index (χ0v) is 28.1. The molecule has 4 aliphatic rings. The summed E-state index contributed by atoms with van der Waals surface area (Å²) in [7, 11) is 0. The quantitative estimate of drug-likeness (QED) is 0.197. The van der Waals surface area contributed by atoms with Crippen molar-refractivity contribution in [2.75, 3.05) is 36.1 Å². The molecule has 10 nitrogen and oxygen atoms in total. The third-order valence-corrected chi connectivity index (χ3v) is 12.1. The maximum absolute atomic E-state index is 17.3. The number of pyridine rings is 1. The van der Waals surface area contributed by atoms with Crippen LogP contribution in [0.25, 0.3) is 32.2 Å². The Kier molecular flexibility index (Phi) is 6.89. The van der Waals surface area contributed by atoms with Crippen molar-refractivity contribution in [3.05, 3.63) is 52.7 Å². The van der Waals surface area contributed by atoms with E-state index in [0.29, 0.717) is 37.6 Å². The Balaban J connectivity index is 1.27. The predicted molar refractivity (Wildman–Crippen MR) is 183 cm³/mol. The number of halogens is 4. The normalized spacial score (nSPS) is 26.0. The standard InChI is InChI=1S/C34H32ClF3N8O2S/c1-33-9-7-20(33)46(13-16-4-2-10-41-29(16)39)30-22-26(43-32(44-30)47-15-34-8-3-11-45(34)14-17(36)12-34)24(38)21(23(35)27(22)48-33)18-5-6-19(37)28-25(18)42-31(40)49-28/h2,4-6,10,17,20H,3,7-9,11-15H2,1H3,(H2,39,41)(H2,40,42)/t17-,20-,33-,34+/m1/s1. The monoisotopic (exact) mass is 708 g/mol. The Labute approximate surface area is 288 Å². The number of nitrogen functional groups attached to an aromatic ring is 2. The van der Waals surface area contributed by atoms with E-state index < -0.39 is 28.9 Å². The summed E-state index contributed by atoms with van der Waals surface area (Å²) in [6, 6.07) is 6.11. The molecule has 0 bridgehead atoms. The first-order chi connectivity index (χ1) is 23.5. The van der Waals surface area contributed by atoms with E-state index in [-0.39, 0.29) is 66.8 Å².